The Hall–Kier alpha value is 0.400. The number of ketones is 1. The highest BCUT2D eigenvalue weighted by atomic mass is 127. The molecular weight excluding hydrogens is 263 g/mol. The minimum atomic E-state index is -0.139. The van der Waals surface area contributed by atoms with Gasteiger partial charge in [-0.15, -0.1) is 0 Å². The second-order valence-corrected chi connectivity index (χ2v) is 6.95. The molecule has 1 nitrogen and oxygen atoms in total. The first-order chi connectivity index (χ1) is 5.28. The van der Waals surface area contributed by atoms with Crippen LogP contribution in [0.4, 0.5) is 0 Å². The molecule has 0 aromatic carbocycles. The summed E-state index contributed by atoms with van der Waals surface area (Å²) < 4.78 is -0.139. The van der Waals surface area contributed by atoms with Crippen LogP contribution in [0.3, 0.4) is 0 Å². The van der Waals surface area contributed by atoms with Crippen LogP contribution < -0.4 is 0 Å². The van der Waals surface area contributed by atoms with Crippen LogP contribution in [0.25, 0.3) is 0 Å². The zero-order valence-electron chi connectivity index (χ0n) is 8.28. The summed E-state index contributed by atoms with van der Waals surface area (Å²) in [5.74, 6) is 0.904. The SMILES string of the molecule is CC1C(C)(C)CCC(=O)C1(C)I. The van der Waals surface area contributed by atoms with Crippen LogP contribution >= 0.6 is 22.6 Å². The highest BCUT2D eigenvalue weighted by Gasteiger charge is 2.47. The normalized spacial score (nSPS) is 41.4. The molecule has 0 aromatic rings. The fraction of sp³-hybridized carbons (Fsp3) is 0.900. The van der Waals surface area contributed by atoms with Gasteiger partial charge >= 0.3 is 0 Å². The third kappa shape index (κ3) is 1.54. The third-order valence-corrected chi connectivity index (χ3v) is 5.06. The molecule has 0 bridgehead atoms. The van der Waals surface area contributed by atoms with E-state index in [4.69, 9.17) is 0 Å². The maximum Gasteiger partial charge on any atom is 0.148 e. The summed E-state index contributed by atoms with van der Waals surface area (Å²) in [4.78, 5) is 11.6. The van der Waals surface area contributed by atoms with Gasteiger partial charge in [0.05, 0.1) is 3.42 Å². The van der Waals surface area contributed by atoms with Crippen LogP contribution in [0.1, 0.15) is 40.5 Å². The minimum absolute atomic E-state index is 0.139. The molecule has 2 unspecified atom stereocenters. The topological polar surface area (TPSA) is 17.1 Å². The van der Waals surface area contributed by atoms with E-state index in [1.807, 2.05) is 0 Å². The second-order valence-electron chi connectivity index (χ2n) is 4.71. The summed E-state index contributed by atoms with van der Waals surface area (Å²) in [5.41, 5.74) is 0.323. The minimum Gasteiger partial charge on any atom is -0.298 e. The molecule has 2 atom stereocenters. The van der Waals surface area contributed by atoms with E-state index in [-0.39, 0.29) is 3.42 Å². The number of rotatable bonds is 0. The average molecular weight is 280 g/mol. The number of alkyl halides is 1. The first kappa shape index (κ1) is 10.5. The van der Waals surface area contributed by atoms with E-state index >= 15 is 0 Å². The molecule has 0 radical (unpaired) electrons. The van der Waals surface area contributed by atoms with Gasteiger partial charge in [0.1, 0.15) is 5.78 Å². The lowest BCUT2D eigenvalue weighted by Crippen LogP contribution is -2.47. The van der Waals surface area contributed by atoms with Gasteiger partial charge in [0, 0.05) is 6.42 Å². The Morgan fingerprint density at radius 2 is 1.92 bits per heavy atom. The predicted octanol–water partition coefficient (Wildman–Crippen LogP) is 3.21. The summed E-state index contributed by atoms with van der Waals surface area (Å²) in [7, 11) is 0. The van der Waals surface area contributed by atoms with Crippen molar-refractivity contribution >= 4 is 28.4 Å². The number of carbonyl (C=O) groups excluding carboxylic acids is 1. The molecule has 1 aliphatic rings. The monoisotopic (exact) mass is 280 g/mol. The Morgan fingerprint density at radius 1 is 1.42 bits per heavy atom. The number of hydrogen-bond acceptors (Lipinski definition) is 1. The molecule has 70 valence electrons. The van der Waals surface area contributed by atoms with Gasteiger partial charge in [-0.3, -0.25) is 4.79 Å². The van der Waals surface area contributed by atoms with Gasteiger partial charge in [-0.25, -0.2) is 0 Å². The van der Waals surface area contributed by atoms with Crippen molar-refractivity contribution in [2.75, 3.05) is 0 Å². The summed E-state index contributed by atoms with van der Waals surface area (Å²) in [6.07, 6.45) is 1.81. The highest BCUT2D eigenvalue weighted by Crippen LogP contribution is 2.48. The predicted molar refractivity (Wildman–Crippen MR) is 59.6 cm³/mol. The molecule has 1 fully saturated rings. The van der Waals surface area contributed by atoms with Crippen molar-refractivity contribution < 1.29 is 4.79 Å². The van der Waals surface area contributed by atoms with E-state index < -0.39 is 0 Å². The van der Waals surface area contributed by atoms with E-state index in [1.54, 1.807) is 0 Å². The van der Waals surface area contributed by atoms with Gasteiger partial charge in [0.25, 0.3) is 0 Å². The summed E-state index contributed by atoms with van der Waals surface area (Å²) >= 11 is 2.32. The quantitative estimate of drug-likeness (QED) is 0.492. The molecule has 0 amide bonds. The smallest absolute Gasteiger partial charge is 0.148 e. The fourth-order valence-electron chi connectivity index (χ4n) is 1.87. The molecule has 0 aliphatic heterocycles. The van der Waals surface area contributed by atoms with Crippen molar-refractivity contribution in [3.8, 4) is 0 Å². The maximum absolute atomic E-state index is 11.6. The molecule has 0 spiro atoms. The lowest BCUT2D eigenvalue weighted by Gasteiger charge is -2.45. The lowest BCUT2D eigenvalue weighted by atomic mass is 9.64. The standard InChI is InChI=1S/C10H17IO/c1-7-9(2,3)6-5-8(12)10(7,4)11/h7H,5-6H2,1-4H3. The third-order valence-electron chi connectivity index (χ3n) is 3.53. The number of Topliss-reactive ketones (excluding diaryl/α,β-unsaturated/α-hetero) is 1. The summed E-state index contributed by atoms with van der Waals surface area (Å²) in [6.45, 7) is 8.80. The van der Waals surface area contributed by atoms with Crippen molar-refractivity contribution in [2.45, 2.75) is 44.0 Å². The van der Waals surface area contributed by atoms with Gasteiger partial charge in [0.15, 0.2) is 0 Å². The Labute approximate surface area is 88.4 Å². The molecular formula is C10H17IO. The number of carbonyl (C=O) groups is 1. The largest absolute Gasteiger partial charge is 0.298 e. The van der Waals surface area contributed by atoms with Crippen molar-refractivity contribution in [1.82, 2.24) is 0 Å². The molecule has 1 saturated carbocycles. The van der Waals surface area contributed by atoms with Crippen LogP contribution in [0, 0.1) is 11.3 Å². The fourth-order valence-corrected chi connectivity index (χ4v) is 2.98. The van der Waals surface area contributed by atoms with E-state index in [1.165, 1.54) is 0 Å². The van der Waals surface area contributed by atoms with Gasteiger partial charge in [-0.2, -0.15) is 0 Å². The summed E-state index contributed by atoms with van der Waals surface area (Å²) in [6, 6.07) is 0. The molecule has 0 N–H and O–H groups in total. The van der Waals surface area contributed by atoms with Crippen LogP contribution in [0.5, 0.6) is 0 Å². The van der Waals surface area contributed by atoms with Gasteiger partial charge < -0.3 is 0 Å². The molecule has 12 heavy (non-hydrogen) atoms. The van der Waals surface area contributed by atoms with Gasteiger partial charge in [-0.1, -0.05) is 43.4 Å². The molecule has 1 aliphatic carbocycles. The molecule has 0 aromatic heterocycles. The molecule has 2 heteroatoms. The number of halogens is 1. The molecule has 0 heterocycles. The van der Waals surface area contributed by atoms with E-state index in [2.05, 4.69) is 50.3 Å². The van der Waals surface area contributed by atoms with Crippen molar-refractivity contribution in [3.63, 3.8) is 0 Å². The van der Waals surface area contributed by atoms with Crippen LogP contribution in [0.15, 0.2) is 0 Å². The summed E-state index contributed by atoms with van der Waals surface area (Å²) in [5, 5.41) is 0. The maximum atomic E-state index is 11.6. The van der Waals surface area contributed by atoms with Gasteiger partial charge in [-0.05, 0) is 24.7 Å². The van der Waals surface area contributed by atoms with Crippen LogP contribution in [-0.2, 0) is 4.79 Å². The van der Waals surface area contributed by atoms with E-state index in [9.17, 15) is 4.79 Å². The van der Waals surface area contributed by atoms with Crippen molar-refractivity contribution in [3.05, 3.63) is 0 Å². The second kappa shape index (κ2) is 2.96. The molecule has 1 rings (SSSR count). The van der Waals surface area contributed by atoms with Crippen molar-refractivity contribution in [2.24, 2.45) is 11.3 Å². The van der Waals surface area contributed by atoms with Gasteiger partial charge in [0.2, 0.25) is 0 Å². The van der Waals surface area contributed by atoms with E-state index in [0.29, 0.717) is 17.1 Å². The average Bonchev–Trinajstić information content (AvgIpc) is 1.96. The Morgan fingerprint density at radius 3 is 2.33 bits per heavy atom. The van der Waals surface area contributed by atoms with E-state index in [0.717, 1.165) is 12.8 Å². The first-order valence-corrected chi connectivity index (χ1v) is 5.58. The Bertz CT molecular complexity index is 206. The van der Waals surface area contributed by atoms with Crippen molar-refractivity contribution in [1.29, 1.82) is 0 Å². The zero-order chi connectivity index (χ0) is 9.57. The molecule has 0 saturated heterocycles. The zero-order valence-corrected chi connectivity index (χ0v) is 10.4. The highest BCUT2D eigenvalue weighted by molar-refractivity contribution is 14.1. The van der Waals surface area contributed by atoms with Crippen LogP contribution in [0.2, 0.25) is 0 Å². The first-order valence-electron chi connectivity index (χ1n) is 4.50. The lowest BCUT2D eigenvalue weighted by molar-refractivity contribution is -0.126. The Balaban J connectivity index is 2.93. The number of hydrogen-bond donors (Lipinski definition) is 0. The Kier molecular flexibility index (Phi) is 2.59. The van der Waals surface area contributed by atoms with Crippen LogP contribution in [-0.4, -0.2) is 9.20 Å².